The van der Waals surface area contributed by atoms with Crippen LogP contribution in [0.25, 0.3) is 5.69 Å². The first-order valence-corrected chi connectivity index (χ1v) is 8.04. The fourth-order valence-corrected chi connectivity index (χ4v) is 3.07. The fraction of sp³-hybridized carbons (Fsp3) is 0.353. The van der Waals surface area contributed by atoms with E-state index in [9.17, 15) is 14.7 Å². The number of amides is 1. The minimum Gasteiger partial charge on any atom is -0.478 e. The number of carboxylic acid groups (broad SMARTS) is 1. The number of hydrogen-bond acceptors (Lipinski definition) is 5. The number of carboxylic acids is 1. The van der Waals surface area contributed by atoms with Crippen LogP contribution in [0.4, 0.5) is 0 Å². The van der Waals surface area contributed by atoms with Crippen molar-refractivity contribution >= 4 is 11.9 Å². The molecule has 1 aliphatic heterocycles. The van der Waals surface area contributed by atoms with Gasteiger partial charge in [0, 0.05) is 37.9 Å². The molecule has 8 heteroatoms. The van der Waals surface area contributed by atoms with Crippen molar-refractivity contribution < 1.29 is 14.7 Å². The summed E-state index contributed by atoms with van der Waals surface area (Å²) in [4.78, 5) is 27.0. The number of carbonyl (C=O) groups excluding carboxylic acids is 1. The van der Waals surface area contributed by atoms with Gasteiger partial charge < -0.3 is 10.8 Å². The van der Waals surface area contributed by atoms with E-state index in [4.69, 9.17) is 5.73 Å². The van der Waals surface area contributed by atoms with Crippen molar-refractivity contribution in [2.45, 2.75) is 12.6 Å². The van der Waals surface area contributed by atoms with Crippen molar-refractivity contribution in [3.63, 3.8) is 0 Å². The van der Waals surface area contributed by atoms with Crippen LogP contribution in [0.5, 0.6) is 0 Å². The molecule has 1 fully saturated rings. The normalized spacial score (nSPS) is 19.0. The zero-order valence-electron chi connectivity index (χ0n) is 14.0. The van der Waals surface area contributed by atoms with Crippen LogP contribution in [0, 0.1) is 0 Å². The summed E-state index contributed by atoms with van der Waals surface area (Å²) >= 11 is 0. The zero-order chi connectivity index (χ0) is 18.0. The van der Waals surface area contributed by atoms with Gasteiger partial charge in [-0.3, -0.25) is 14.6 Å². The van der Waals surface area contributed by atoms with Crippen LogP contribution in [0.2, 0.25) is 0 Å². The van der Waals surface area contributed by atoms with Gasteiger partial charge in [0.25, 0.3) is 0 Å². The molecule has 0 radical (unpaired) electrons. The molecule has 3 N–H and O–H groups in total. The molecular weight excluding hydrogens is 322 g/mol. The van der Waals surface area contributed by atoms with Crippen molar-refractivity contribution in [3.8, 4) is 5.69 Å². The molecule has 25 heavy (non-hydrogen) atoms. The molecule has 1 saturated heterocycles. The lowest BCUT2D eigenvalue weighted by Crippen LogP contribution is -2.56. The Morgan fingerprint density at radius 2 is 2.08 bits per heavy atom. The number of nitrogens with two attached hydrogens (primary N) is 1. The third-order valence-corrected chi connectivity index (χ3v) is 4.48. The predicted octanol–water partition coefficient (Wildman–Crippen LogP) is 0.172. The van der Waals surface area contributed by atoms with E-state index in [2.05, 4.69) is 10.00 Å². The molecule has 2 heterocycles. The fourth-order valence-electron chi connectivity index (χ4n) is 3.07. The van der Waals surface area contributed by atoms with E-state index in [1.165, 1.54) is 0 Å². The molecule has 1 atom stereocenters. The maximum atomic E-state index is 11.5. The largest absolute Gasteiger partial charge is 0.478 e. The topological polar surface area (TPSA) is 105 Å². The van der Waals surface area contributed by atoms with Gasteiger partial charge in [0.05, 0.1) is 17.4 Å². The number of piperazine rings is 1. The maximum absolute atomic E-state index is 11.5. The molecule has 0 aliphatic carbocycles. The number of carbonyl (C=O) groups is 2. The van der Waals surface area contributed by atoms with Gasteiger partial charge in [-0.25, -0.2) is 9.48 Å². The van der Waals surface area contributed by atoms with Gasteiger partial charge in [-0.05, 0) is 19.2 Å². The number of aromatic nitrogens is 2. The number of likely N-dealkylation sites (N-methyl/N-ethyl adjacent to an activating group) is 1. The minimum atomic E-state index is -0.990. The predicted molar refractivity (Wildman–Crippen MR) is 91.4 cm³/mol. The number of rotatable bonds is 5. The third-order valence-electron chi connectivity index (χ3n) is 4.48. The average Bonchev–Trinajstić information content (AvgIpc) is 3.04. The van der Waals surface area contributed by atoms with Gasteiger partial charge in [-0.1, -0.05) is 12.1 Å². The monoisotopic (exact) mass is 343 g/mol. The quantitative estimate of drug-likeness (QED) is 0.802. The molecule has 0 unspecified atom stereocenters. The Labute approximate surface area is 145 Å². The Balaban J connectivity index is 1.75. The molecule has 8 nitrogen and oxygen atoms in total. The van der Waals surface area contributed by atoms with Crippen molar-refractivity contribution in [3.05, 3.63) is 47.8 Å². The minimum absolute atomic E-state index is 0.200. The molecule has 2 aromatic rings. The molecule has 0 bridgehead atoms. The summed E-state index contributed by atoms with van der Waals surface area (Å²) in [6.07, 6.45) is 3.54. The van der Waals surface area contributed by atoms with E-state index in [0.29, 0.717) is 18.8 Å². The van der Waals surface area contributed by atoms with Crippen molar-refractivity contribution in [1.29, 1.82) is 0 Å². The van der Waals surface area contributed by atoms with Gasteiger partial charge >= 0.3 is 5.97 Å². The molecule has 1 aliphatic rings. The summed E-state index contributed by atoms with van der Waals surface area (Å²) in [5, 5.41) is 13.6. The highest BCUT2D eigenvalue weighted by molar-refractivity contribution is 5.91. The number of para-hydroxylation sites is 1. The lowest BCUT2D eigenvalue weighted by molar-refractivity contribution is -0.125. The first kappa shape index (κ1) is 17.1. The van der Waals surface area contributed by atoms with Crippen molar-refractivity contribution in [2.75, 3.05) is 26.7 Å². The summed E-state index contributed by atoms with van der Waals surface area (Å²) < 4.78 is 1.57. The summed E-state index contributed by atoms with van der Waals surface area (Å²) in [5.74, 6) is -1.31. The number of aromatic carboxylic acids is 1. The van der Waals surface area contributed by atoms with Crippen molar-refractivity contribution in [1.82, 2.24) is 19.6 Å². The van der Waals surface area contributed by atoms with Crippen LogP contribution in [-0.4, -0.2) is 69.3 Å². The third kappa shape index (κ3) is 3.70. The second kappa shape index (κ2) is 7.04. The van der Waals surface area contributed by atoms with Crippen LogP contribution in [0.3, 0.4) is 0 Å². The smallest absolute Gasteiger partial charge is 0.337 e. The maximum Gasteiger partial charge on any atom is 0.337 e. The molecule has 132 valence electrons. The molecule has 0 spiro atoms. The summed E-state index contributed by atoms with van der Waals surface area (Å²) in [6, 6.07) is 6.44. The van der Waals surface area contributed by atoms with Crippen LogP contribution < -0.4 is 5.73 Å². The standard InChI is InChI=1S/C17H21N5O3/c1-20-6-7-21(11-15(20)16(18)23)9-12-8-19-22(10-12)14-5-3-2-4-13(14)17(24)25/h2-5,8,10,15H,6-7,9,11H2,1H3,(H2,18,23)(H,24,25)/t15-/m0/s1. The molecule has 1 amide bonds. The zero-order valence-corrected chi connectivity index (χ0v) is 14.0. The van der Waals surface area contributed by atoms with Crippen LogP contribution in [0.15, 0.2) is 36.7 Å². The molecule has 3 rings (SSSR count). The van der Waals surface area contributed by atoms with Crippen LogP contribution in [-0.2, 0) is 11.3 Å². The Kier molecular flexibility index (Phi) is 4.82. The molecule has 1 aromatic carbocycles. The van der Waals surface area contributed by atoms with E-state index >= 15 is 0 Å². The van der Waals surface area contributed by atoms with Crippen LogP contribution >= 0.6 is 0 Å². The number of benzene rings is 1. The highest BCUT2D eigenvalue weighted by Crippen LogP contribution is 2.16. The van der Waals surface area contributed by atoms with E-state index in [1.807, 2.05) is 18.1 Å². The highest BCUT2D eigenvalue weighted by Gasteiger charge is 2.28. The SMILES string of the molecule is CN1CCN(Cc2cnn(-c3ccccc3C(=O)O)c2)C[C@H]1C(N)=O. The van der Waals surface area contributed by atoms with E-state index in [0.717, 1.165) is 18.7 Å². The molecule has 1 aromatic heterocycles. The summed E-state index contributed by atoms with van der Waals surface area (Å²) in [7, 11) is 1.90. The second-order valence-electron chi connectivity index (χ2n) is 6.25. The first-order valence-electron chi connectivity index (χ1n) is 8.04. The lowest BCUT2D eigenvalue weighted by atomic mass is 10.1. The highest BCUT2D eigenvalue weighted by atomic mass is 16.4. The van der Waals surface area contributed by atoms with Gasteiger partial charge in [0.15, 0.2) is 0 Å². The Morgan fingerprint density at radius 3 is 2.80 bits per heavy atom. The number of primary amides is 1. The molecular formula is C17H21N5O3. The lowest BCUT2D eigenvalue weighted by Gasteiger charge is -2.37. The van der Waals surface area contributed by atoms with E-state index < -0.39 is 5.97 Å². The number of nitrogens with zero attached hydrogens (tertiary/aromatic N) is 4. The van der Waals surface area contributed by atoms with E-state index in [1.54, 1.807) is 35.1 Å². The number of hydrogen-bond donors (Lipinski definition) is 2. The van der Waals surface area contributed by atoms with Gasteiger partial charge in [0.2, 0.25) is 5.91 Å². The van der Waals surface area contributed by atoms with Gasteiger partial charge in [-0.15, -0.1) is 0 Å². The molecule has 0 saturated carbocycles. The average molecular weight is 343 g/mol. The first-order chi connectivity index (χ1) is 12.0. The summed E-state index contributed by atoms with van der Waals surface area (Å²) in [6.45, 7) is 2.80. The Hall–Kier alpha value is -2.71. The van der Waals surface area contributed by atoms with Gasteiger partial charge in [-0.2, -0.15) is 5.10 Å². The summed E-state index contributed by atoms with van der Waals surface area (Å²) in [5.41, 5.74) is 7.13. The Bertz CT molecular complexity index is 788. The Morgan fingerprint density at radius 1 is 1.32 bits per heavy atom. The second-order valence-corrected chi connectivity index (χ2v) is 6.25. The van der Waals surface area contributed by atoms with Gasteiger partial charge in [0.1, 0.15) is 6.04 Å². The van der Waals surface area contributed by atoms with Crippen LogP contribution in [0.1, 0.15) is 15.9 Å². The van der Waals surface area contributed by atoms with Crippen molar-refractivity contribution in [2.24, 2.45) is 5.73 Å². The van der Waals surface area contributed by atoms with E-state index in [-0.39, 0.29) is 17.5 Å².